The van der Waals surface area contributed by atoms with E-state index < -0.39 is 32.4 Å². The van der Waals surface area contributed by atoms with Gasteiger partial charge in [-0.15, -0.1) is 0 Å². The summed E-state index contributed by atoms with van der Waals surface area (Å²) in [6.07, 6.45) is 0.681. The van der Waals surface area contributed by atoms with Gasteiger partial charge >= 0.3 is 0 Å². The predicted molar refractivity (Wildman–Crippen MR) is 95.1 cm³/mol. The largest absolute Gasteiger partial charge is 0.487 e. The van der Waals surface area contributed by atoms with Crippen molar-refractivity contribution in [3.8, 4) is 5.75 Å². The fraction of sp³-hybridized carbons (Fsp3) is 0.294. The van der Waals surface area contributed by atoms with Crippen LogP contribution in [-0.4, -0.2) is 39.6 Å². The van der Waals surface area contributed by atoms with E-state index in [9.17, 15) is 21.6 Å². The van der Waals surface area contributed by atoms with Gasteiger partial charge in [-0.05, 0) is 25.6 Å². The first-order chi connectivity index (χ1) is 12.7. The normalized spacial score (nSPS) is 17.9. The van der Waals surface area contributed by atoms with Crippen molar-refractivity contribution in [3.63, 3.8) is 0 Å². The second-order valence-corrected chi connectivity index (χ2v) is 8.27. The van der Waals surface area contributed by atoms with Gasteiger partial charge in [-0.3, -0.25) is 4.72 Å². The molecular formula is C17H16ClF3N2O3S. The molecule has 0 bridgehead atoms. The molecule has 0 saturated carbocycles. The third kappa shape index (κ3) is 4.48. The molecule has 0 aliphatic carbocycles. The van der Waals surface area contributed by atoms with Crippen LogP contribution in [-0.2, 0) is 10.0 Å². The van der Waals surface area contributed by atoms with Crippen LogP contribution in [0.1, 0.15) is 6.42 Å². The molecule has 27 heavy (non-hydrogen) atoms. The zero-order chi connectivity index (χ0) is 19.8. The van der Waals surface area contributed by atoms with E-state index in [1.807, 2.05) is 7.05 Å². The van der Waals surface area contributed by atoms with Crippen LogP contribution in [0.4, 0.5) is 18.9 Å². The number of halogens is 4. The molecule has 0 radical (unpaired) electrons. The summed E-state index contributed by atoms with van der Waals surface area (Å²) in [6, 6.07) is 4.66. The Labute approximate surface area is 159 Å². The molecule has 2 aromatic carbocycles. The molecule has 10 heteroatoms. The molecule has 2 aromatic rings. The second kappa shape index (κ2) is 7.57. The zero-order valence-corrected chi connectivity index (χ0v) is 15.7. The molecule has 1 aliphatic heterocycles. The summed E-state index contributed by atoms with van der Waals surface area (Å²) in [7, 11) is -2.68. The number of hydrogen-bond acceptors (Lipinski definition) is 4. The summed E-state index contributed by atoms with van der Waals surface area (Å²) in [5, 5.41) is 0.270. The summed E-state index contributed by atoms with van der Waals surface area (Å²) in [4.78, 5) is 0.810. The molecule has 1 heterocycles. The van der Waals surface area contributed by atoms with Crippen LogP contribution in [0.15, 0.2) is 35.2 Å². The molecule has 0 spiro atoms. The highest BCUT2D eigenvalue weighted by Crippen LogP contribution is 2.31. The zero-order valence-electron chi connectivity index (χ0n) is 14.2. The summed E-state index contributed by atoms with van der Waals surface area (Å²) in [5.74, 6) is -4.02. The Morgan fingerprint density at radius 3 is 2.44 bits per heavy atom. The summed E-state index contributed by atoms with van der Waals surface area (Å²) >= 11 is 6.09. The Hall–Kier alpha value is -1.97. The van der Waals surface area contributed by atoms with Gasteiger partial charge in [-0.2, -0.15) is 0 Å². The van der Waals surface area contributed by atoms with Gasteiger partial charge in [0.05, 0.1) is 10.7 Å². The Morgan fingerprint density at radius 1 is 1.19 bits per heavy atom. The third-order valence-corrected chi connectivity index (χ3v) is 5.80. The molecule has 1 N–H and O–H groups in total. The van der Waals surface area contributed by atoms with Crippen molar-refractivity contribution in [2.45, 2.75) is 17.4 Å². The van der Waals surface area contributed by atoms with E-state index >= 15 is 0 Å². The molecule has 1 aliphatic rings. The van der Waals surface area contributed by atoms with Crippen LogP contribution in [0.25, 0.3) is 0 Å². The number of sulfonamides is 1. The van der Waals surface area contributed by atoms with E-state index in [1.165, 1.54) is 18.2 Å². The minimum Gasteiger partial charge on any atom is -0.487 e. The molecule has 146 valence electrons. The fourth-order valence-corrected chi connectivity index (χ4v) is 4.15. The summed E-state index contributed by atoms with van der Waals surface area (Å²) in [6.45, 7) is 1.55. The van der Waals surface area contributed by atoms with Crippen LogP contribution in [0.2, 0.25) is 5.02 Å². The number of ether oxygens (including phenoxy) is 1. The van der Waals surface area contributed by atoms with Gasteiger partial charge in [0.15, 0.2) is 4.90 Å². The van der Waals surface area contributed by atoms with Crippen molar-refractivity contribution in [1.29, 1.82) is 0 Å². The van der Waals surface area contributed by atoms with Crippen LogP contribution >= 0.6 is 11.6 Å². The van der Waals surface area contributed by atoms with Crippen molar-refractivity contribution in [2.75, 3.05) is 24.9 Å². The minimum absolute atomic E-state index is 0.00359. The maximum absolute atomic E-state index is 13.8. The van der Waals surface area contributed by atoms with E-state index in [2.05, 4.69) is 9.62 Å². The van der Waals surface area contributed by atoms with E-state index in [0.717, 1.165) is 13.0 Å². The topological polar surface area (TPSA) is 58.6 Å². The number of nitrogens with zero attached hydrogens (tertiary/aromatic N) is 1. The molecule has 1 saturated heterocycles. The molecule has 5 nitrogen and oxygen atoms in total. The molecule has 1 fully saturated rings. The smallest absolute Gasteiger partial charge is 0.267 e. The van der Waals surface area contributed by atoms with Gasteiger partial charge < -0.3 is 9.64 Å². The van der Waals surface area contributed by atoms with E-state index in [-0.39, 0.29) is 22.6 Å². The van der Waals surface area contributed by atoms with Crippen molar-refractivity contribution in [2.24, 2.45) is 0 Å². The molecular weight excluding hydrogens is 405 g/mol. The van der Waals surface area contributed by atoms with Gasteiger partial charge in [0.2, 0.25) is 0 Å². The first-order valence-corrected chi connectivity index (χ1v) is 9.84. The van der Waals surface area contributed by atoms with Crippen LogP contribution in [0, 0.1) is 17.5 Å². The number of nitrogens with one attached hydrogen (secondary N) is 1. The number of hydrogen-bond donors (Lipinski definition) is 1. The first kappa shape index (κ1) is 19.8. The van der Waals surface area contributed by atoms with Crippen molar-refractivity contribution in [3.05, 3.63) is 52.8 Å². The van der Waals surface area contributed by atoms with Crippen LogP contribution < -0.4 is 9.46 Å². The van der Waals surface area contributed by atoms with Gasteiger partial charge in [-0.1, -0.05) is 11.6 Å². The number of likely N-dealkylation sites (tertiary alicyclic amines) is 1. The molecule has 1 atom stereocenters. The Kier molecular flexibility index (Phi) is 5.55. The highest BCUT2D eigenvalue weighted by Gasteiger charge is 2.26. The fourth-order valence-electron chi connectivity index (χ4n) is 2.82. The third-order valence-electron chi connectivity index (χ3n) is 4.06. The van der Waals surface area contributed by atoms with Gasteiger partial charge in [-0.25, -0.2) is 21.6 Å². The van der Waals surface area contributed by atoms with E-state index in [4.69, 9.17) is 16.3 Å². The second-order valence-electron chi connectivity index (χ2n) is 6.24. The number of anilines is 1. The number of benzene rings is 2. The Morgan fingerprint density at radius 2 is 1.85 bits per heavy atom. The SMILES string of the molecule is CN1CC[C@@H](Oc2cc(NS(=O)(=O)c3c(F)cc(F)cc3F)ccc2Cl)C1. The van der Waals surface area contributed by atoms with Crippen LogP contribution in [0.5, 0.6) is 5.75 Å². The highest BCUT2D eigenvalue weighted by molar-refractivity contribution is 7.92. The molecule has 3 rings (SSSR count). The standard InChI is InChI=1S/C17H16ClF3N2O3S/c1-23-5-4-12(9-23)26-16-8-11(2-3-13(16)18)22-27(24,25)17-14(20)6-10(19)7-15(17)21/h2-3,6-8,12,22H,4-5,9H2,1H3/t12-/m1/s1. The molecule has 0 unspecified atom stereocenters. The van der Waals surface area contributed by atoms with E-state index in [1.54, 1.807) is 0 Å². The van der Waals surface area contributed by atoms with Gasteiger partial charge in [0, 0.05) is 31.3 Å². The summed E-state index contributed by atoms with van der Waals surface area (Å²) < 4.78 is 73.2. The maximum Gasteiger partial charge on any atom is 0.267 e. The first-order valence-electron chi connectivity index (χ1n) is 7.98. The lowest BCUT2D eigenvalue weighted by molar-refractivity contribution is 0.208. The van der Waals surface area contributed by atoms with Crippen molar-refractivity contribution >= 4 is 27.3 Å². The average molecular weight is 421 g/mol. The van der Waals surface area contributed by atoms with E-state index in [0.29, 0.717) is 18.7 Å². The van der Waals surface area contributed by atoms with Gasteiger partial charge in [0.25, 0.3) is 10.0 Å². The quantitative estimate of drug-likeness (QED) is 0.802. The average Bonchev–Trinajstić information content (AvgIpc) is 2.94. The predicted octanol–water partition coefficient (Wildman–Crippen LogP) is 3.64. The number of likely N-dealkylation sites (N-methyl/N-ethyl adjacent to an activating group) is 1. The monoisotopic (exact) mass is 420 g/mol. The molecule has 0 amide bonds. The highest BCUT2D eigenvalue weighted by atomic mass is 35.5. The number of rotatable bonds is 5. The Balaban J connectivity index is 1.86. The lowest BCUT2D eigenvalue weighted by Crippen LogP contribution is -2.21. The molecule has 0 aromatic heterocycles. The maximum atomic E-state index is 13.8. The lowest BCUT2D eigenvalue weighted by Gasteiger charge is -2.16. The lowest BCUT2D eigenvalue weighted by atomic mass is 10.3. The van der Waals surface area contributed by atoms with Crippen molar-refractivity contribution in [1.82, 2.24) is 4.90 Å². The Bertz CT molecular complexity index is 949. The van der Waals surface area contributed by atoms with Crippen molar-refractivity contribution < 1.29 is 26.3 Å². The van der Waals surface area contributed by atoms with Crippen LogP contribution in [0.3, 0.4) is 0 Å². The minimum atomic E-state index is -4.63. The summed E-state index contributed by atoms with van der Waals surface area (Å²) in [5.41, 5.74) is 0.00359. The van der Waals surface area contributed by atoms with Gasteiger partial charge in [0.1, 0.15) is 29.3 Å².